The van der Waals surface area contributed by atoms with E-state index in [-0.39, 0.29) is 18.4 Å². The fraction of sp³-hybridized carbons (Fsp3) is 0.450. The van der Waals surface area contributed by atoms with Gasteiger partial charge >= 0.3 is 6.09 Å². The minimum absolute atomic E-state index is 0.161. The number of benzene rings is 1. The topological polar surface area (TPSA) is 106 Å². The number of nitrogens with one attached hydrogen (secondary N) is 3. The van der Waals surface area contributed by atoms with Crippen molar-refractivity contribution in [2.75, 3.05) is 26.7 Å². The van der Waals surface area contributed by atoms with E-state index in [2.05, 4.69) is 16.0 Å². The molecule has 0 saturated heterocycles. The summed E-state index contributed by atoms with van der Waals surface area (Å²) in [4.78, 5) is 34.8. The minimum Gasteiger partial charge on any atom is -0.497 e. The quantitative estimate of drug-likeness (QED) is 0.440. The molecule has 0 radical (unpaired) electrons. The first-order chi connectivity index (χ1) is 13.2. The van der Waals surface area contributed by atoms with E-state index in [9.17, 15) is 14.4 Å². The first-order valence-electron chi connectivity index (χ1n) is 9.03. The Balaban J connectivity index is 2.14. The average molecular weight is 391 g/mol. The molecule has 0 bridgehead atoms. The van der Waals surface area contributed by atoms with Gasteiger partial charge in [0.05, 0.1) is 13.7 Å². The van der Waals surface area contributed by atoms with Crippen molar-refractivity contribution >= 4 is 24.0 Å². The van der Waals surface area contributed by atoms with E-state index >= 15 is 0 Å². The Hall–Kier alpha value is -3.03. The molecule has 1 rings (SSSR count). The van der Waals surface area contributed by atoms with Gasteiger partial charge in [0, 0.05) is 19.2 Å². The maximum absolute atomic E-state index is 11.8. The fourth-order valence-corrected chi connectivity index (χ4v) is 2.00. The molecule has 8 nitrogen and oxygen atoms in total. The number of alkyl carbamates (subject to hydrolysis) is 1. The molecule has 28 heavy (non-hydrogen) atoms. The molecule has 0 saturated carbocycles. The SMILES string of the molecule is COc1ccc(/C=C/C(=O)NCCCNC(=O)CNC(=O)OC(C)(C)C)cc1. The van der Waals surface area contributed by atoms with E-state index in [4.69, 9.17) is 9.47 Å². The number of hydrogen-bond acceptors (Lipinski definition) is 5. The van der Waals surface area contributed by atoms with Crippen molar-refractivity contribution in [3.05, 3.63) is 35.9 Å². The molecule has 0 aliphatic heterocycles. The maximum Gasteiger partial charge on any atom is 0.408 e. The molecule has 0 aromatic heterocycles. The van der Waals surface area contributed by atoms with Crippen molar-refractivity contribution in [2.45, 2.75) is 32.8 Å². The highest BCUT2D eigenvalue weighted by molar-refractivity contribution is 5.91. The van der Waals surface area contributed by atoms with Crippen LogP contribution in [0.1, 0.15) is 32.8 Å². The summed E-state index contributed by atoms with van der Waals surface area (Å²) >= 11 is 0. The maximum atomic E-state index is 11.8. The lowest BCUT2D eigenvalue weighted by Crippen LogP contribution is -2.40. The molecule has 3 amide bonds. The van der Waals surface area contributed by atoms with Gasteiger partial charge in [-0.05, 0) is 51.0 Å². The second kappa shape index (κ2) is 11.6. The van der Waals surface area contributed by atoms with E-state index in [0.717, 1.165) is 11.3 Å². The Morgan fingerprint density at radius 2 is 1.64 bits per heavy atom. The summed E-state index contributed by atoms with van der Waals surface area (Å²) in [6, 6.07) is 7.34. The highest BCUT2D eigenvalue weighted by Crippen LogP contribution is 2.12. The van der Waals surface area contributed by atoms with Gasteiger partial charge in [0.25, 0.3) is 0 Å². The molecule has 0 aliphatic rings. The lowest BCUT2D eigenvalue weighted by Gasteiger charge is -2.19. The van der Waals surface area contributed by atoms with Crippen molar-refractivity contribution in [2.24, 2.45) is 0 Å². The van der Waals surface area contributed by atoms with Crippen LogP contribution in [-0.2, 0) is 14.3 Å². The van der Waals surface area contributed by atoms with Crippen LogP contribution >= 0.6 is 0 Å². The highest BCUT2D eigenvalue weighted by Gasteiger charge is 2.16. The molecular weight excluding hydrogens is 362 g/mol. The number of carbonyl (C=O) groups is 3. The lowest BCUT2D eigenvalue weighted by molar-refractivity contribution is -0.120. The number of ether oxygens (including phenoxy) is 2. The van der Waals surface area contributed by atoms with E-state index in [1.807, 2.05) is 24.3 Å². The summed E-state index contributed by atoms with van der Waals surface area (Å²) in [5, 5.41) is 7.76. The van der Waals surface area contributed by atoms with E-state index in [1.165, 1.54) is 6.08 Å². The first-order valence-corrected chi connectivity index (χ1v) is 9.03. The van der Waals surface area contributed by atoms with Crippen molar-refractivity contribution < 1.29 is 23.9 Å². The largest absolute Gasteiger partial charge is 0.497 e. The van der Waals surface area contributed by atoms with Gasteiger partial charge in [-0.3, -0.25) is 9.59 Å². The van der Waals surface area contributed by atoms with Gasteiger partial charge < -0.3 is 25.4 Å². The number of methoxy groups -OCH3 is 1. The smallest absolute Gasteiger partial charge is 0.408 e. The van der Waals surface area contributed by atoms with Crippen LogP contribution in [-0.4, -0.2) is 50.3 Å². The van der Waals surface area contributed by atoms with Crippen LogP contribution in [0.2, 0.25) is 0 Å². The predicted molar refractivity (Wildman–Crippen MR) is 107 cm³/mol. The second-order valence-corrected chi connectivity index (χ2v) is 6.96. The Morgan fingerprint density at radius 3 is 2.25 bits per heavy atom. The summed E-state index contributed by atoms with van der Waals surface area (Å²) in [5.41, 5.74) is 0.279. The van der Waals surface area contributed by atoms with Gasteiger partial charge in [-0.2, -0.15) is 0 Å². The highest BCUT2D eigenvalue weighted by atomic mass is 16.6. The molecule has 154 valence electrons. The first kappa shape index (κ1) is 23.0. The molecule has 8 heteroatoms. The zero-order chi connectivity index (χ0) is 21.0. The fourth-order valence-electron chi connectivity index (χ4n) is 2.00. The number of carbonyl (C=O) groups excluding carboxylic acids is 3. The molecule has 0 fully saturated rings. The third-order valence-electron chi connectivity index (χ3n) is 3.31. The van der Waals surface area contributed by atoms with Crippen LogP contribution in [0.3, 0.4) is 0 Å². The average Bonchev–Trinajstić information content (AvgIpc) is 2.63. The number of amides is 3. The standard InChI is InChI=1S/C20H29N3O5/c1-20(2,3)28-19(26)23-14-18(25)22-13-5-12-21-17(24)11-8-15-6-9-16(27-4)10-7-15/h6-11H,5,12-14H2,1-4H3,(H,21,24)(H,22,25)(H,23,26)/b11-8+. The minimum atomic E-state index is -0.640. The van der Waals surface area contributed by atoms with Gasteiger partial charge in [0.1, 0.15) is 11.4 Å². The Morgan fingerprint density at radius 1 is 1.00 bits per heavy atom. The van der Waals surface area contributed by atoms with E-state index in [0.29, 0.717) is 19.5 Å². The molecular formula is C20H29N3O5. The van der Waals surface area contributed by atoms with Gasteiger partial charge in [-0.25, -0.2) is 4.79 Å². The lowest BCUT2D eigenvalue weighted by atomic mass is 10.2. The van der Waals surface area contributed by atoms with Crippen LogP contribution < -0.4 is 20.7 Å². The van der Waals surface area contributed by atoms with Crippen LogP contribution in [0.5, 0.6) is 5.75 Å². The summed E-state index contributed by atoms with van der Waals surface area (Å²) < 4.78 is 10.1. The van der Waals surface area contributed by atoms with E-state index in [1.54, 1.807) is 34.0 Å². The van der Waals surface area contributed by atoms with Crippen LogP contribution in [0.4, 0.5) is 4.79 Å². The molecule has 3 N–H and O–H groups in total. The van der Waals surface area contributed by atoms with Crippen molar-refractivity contribution in [3.63, 3.8) is 0 Å². The van der Waals surface area contributed by atoms with Crippen LogP contribution in [0, 0.1) is 0 Å². The zero-order valence-electron chi connectivity index (χ0n) is 16.8. The van der Waals surface area contributed by atoms with Crippen molar-refractivity contribution in [1.29, 1.82) is 0 Å². The van der Waals surface area contributed by atoms with Gasteiger partial charge in [-0.1, -0.05) is 12.1 Å². The van der Waals surface area contributed by atoms with Gasteiger partial charge in [0.15, 0.2) is 0 Å². The van der Waals surface area contributed by atoms with Gasteiger partial charge in [-0.15, -0.1) is 0 Å². The third-order valence-corrected chi connectivity index (χ3v) is 3.31. The molecule has 1 aromatic carbocycles. The van der Waals surface area contributed by atoms with Crippen LogP contribution in [0.25, 0.3) is 6.08 Å². The monoisotopic (exact) mass is 391 g/mol. The van der Waals surface area contributed by atoms with Crippen molar-refractivity contribution in [3.8, 4) is 5.75 Å². The number of hydrogen-bond donors (Lipinski definition) is 3. The predicted octanol–water partition coefficient (Wildman–Crippen LogP) is 1.86. The summed E-state index contributed by atoms with van der Waals surface area (Å²) in [7, 11) is 1.60. The number of rotatable bonds is 9. The molecule has 0 spiro atoms. The summed E-state index contributed by atoms with van der Waals surface area (Å²) in [5.74, 6) is 0.218. The Labute approximate surface area is 165 Å². The molecule has 0 unspecified atom stereocenters. The Bertz CT molecular complexity index is 678. The summed E-state index contributed by atoms with van der Waals surface area (Å²) in [6.07, 6.45) is 3.09. The van der Waals surface area contributed by atoms with Crippen molar-refractivity contribution in [1.82, 2.24) is 16.0 Å². The van der Waals surface area contributed by atoms with Gasteiger partial charge in [0.2, 0.25) is 11.8 Å². The normalized spacial score (nSPS) is 11.0. The summed E-state index contributed by atoms with van der Waals surface area (Å²) in [6.45, 7) is 5.88. The second-order valence-electron chi connectivity index (χ2n) is 6.96. The molecule has 0 heterocycles. The molecule has 0 atom stereocenters. The van der Waals surface area contributed by atoms with E-state index < -0.39 is 11.7 Å². The Kier molecular flexibility index (Phi) is 9.56. The van der Waals surface area contributed by atoms with Crippen LogP contribution in [0.15, 0.2) is 30.3 Å². The third kappa shape index (κ3) is 10.8. The zero-order valence-corrected chi connectivity index (χ0v) is 16.8. The molecule has 1 aromatic rings. The molecule has 0 aliphatic carbocycles.